The van der Waals surface area contributed by atoms with E-state index in [9.17, 15) is 4.79 Å². The lowest BCUT2D eigenvalue weighted by molar-refractivity contribution is 0.0909. The van der Waals surface area contributed by atoms with Crippen LogP contribution in [-0.2, 0) is 6.42 Å². The molecule has 0 spiro atoms. The third-order valence-corrected chi connectivity index (χ3v) is 5.06. The lowest BCUT2D eigenvalue weighted by Gasteiger charge is -2.31. The minimum absolute atomic E-state index is 0.0508. The van der Waals surface area contributed by atoms with Gasteiger partial charge in [-0.15, -0.1) is 11.3 Å². The molecule has 0 radical (unpaired) electrons. The zero-order valence-corrected chi connectivity index (χ0v) is 13.3. The third-order valence-electron chi connectivity index (χ3n) is 4.12. The lowest BCUT2D eigenvalue weighted by atomic mass is 9.76. The van der Waals surface area contributed by atoms with Crippen LogP contribution in [0, 0.1) is 12.3 Å². The molecule has 0 saturated heterocycles. The summed E-state index contributed by atoms with van der Waals surface area (Å²) in [5, 5.41) is 3.11. The monoisotopic (exact) mass is 288 g/mol. The van der Waals surface area contributed by atoms with E-state index in [1.165, 1.54) is 5.69 Å². The maximum absolute atomic E-state index is 12.3. The molecule has 20 heavy (non-hydrogen) atoms. The number of carbonyl (C=O) groups excluding carboxylic acids is 1. The molecular formula is C16H20N2OS. The summed E-state index contributed by atoms with van der Waals surface area (Å²) in [5.41, 5.74) is 3.32. The highest BCUT2D eigenvalue weighted by Crippen LogP contribution is 2.38. The van der Waals surface area contributed by atoms with E-state index >= 15 is 0 Å². The molecule has 0 amide bonds. The van der Waals surface area contributed by atoms with Crippen LogP contribution in [0.1, 0.15) is 60.0 Å². The van der Waals surface area contributed by atoms with Gasteiger partial charge in [0.15, 0.2) is 5.78 Å². The number of carbonyl (C=O) groups is 1. The minimum atomic E-state index is 0.0508. The summed E-state index contributed by atoms with van der Waals surface area (Å²) in [6.07, 6.45) is 3.45. The summed E-state index contributed by atoms with van der Waals surface area (Å²) in [6.45, 7) is 8.60. The van der Waals surface area contributed by atoms with Gasteiger partial charge in [0, 0.05) is 34.9 Å². The first-order valence-electron chi connectivity index (χ1n) is 7.02. The standard InChI is InChI=1S/C16H20N2OS/c1-10-7-12-13(8-16(3,4)9-14(12)19)18(10)11(2)15-17-5-6-20-15/h5-7,11H,8-9H2,1-4H3. The summed E-state index contributed by atoms with van der Waals surface area (Å²) in [7, 11) is 0. The summed E-state index contributed by atoms with van der Waals surface area (Å²) >= 11 is 1.67. The van der Waals surface area contributed by atoms with Gasteiger partial charge in [-0.3, -0.25) is 4.79 Å². The normalized spacial score (nSPS) is 18.9. The van der Waals surface area contributed by atoms with Gasteiger partial charge in [-0.05, 0) is 31.7 Å². The Labute approximate surface area is 123 Å². The number of rotatable bonds is 2. The highest BCUT2D eigenvalue weighted by atomic mass is 32.1. The molecule has 4 heteroatoms. The maximum Gasteiger partial charge on any atom is 0.165 e. The van der Waals surface area contributed by atoms with Crippen LogP contribution in [0.3, 0.4) is 0 Å². The molecular weight excluding hydrogens is 268 g/mol. The van der Waals surface area contributed by atoms with Crippen molar-refractivity contribution < 1.29 is 4.79 Å². The van der Waals surface area contributed by atoms with Crippen LogP contribution in [0.2, 0.25) is 0 Å². The molecule has 2 aromatic rings. The van der Waals surface area contributed by atoms with Crippen molar-refractivity contribution in [2.75, 3.05) is 0 Å². The Bertz CT molecular complexity index is 652. The topological polar surface area (TPSA) is 34.9 Å². The molecule has 0 saturated carbocycles. The van der Waals surface area contributed by atoms with Gasteiger partial charge in [0.1, 0.15) is 5.01 Å². The first-order valence-corrected chi connectivity index (χ1v) is 7.90. The molecule has 0 fully saturated rings. The predicted molar refractivity (Wildman–Crippen MR) is 81.5 cm³/mol. The van der Waals surface area contributed by atoms with E-state index in [1.807, 2.05) is 11.6 Å². The van der Waals surface area contributed by atoms with Gasteiger partial charge in [0.2, 0.25) is 0 Å². The number of hydrogen-bond acceptors (Lipinski definition) is 3. The molecule has 2 aromatic heterocycles. The Morgan fingerprint density at radius 2 is 2.15 bits per heavy atom. The molecule has 3 nitrogen and oxygen atoms in total. The van der Waals surface area contributed by atoms with Crippen molar-refractivity contribution in [1.82, 2.24) is 9.55 Å². The number of aryl methyl sites for hydroxylation is 1. The molecule has 1 aliphatic carbocycles. The second-order valence-electron chi connectivity index (χ2n) is 6.50. The molecule has 1 atom stereocenters. The highest BCUT2D eigenvalue weighted by Gasteiger charge is 2.35. The smallest absolute Gasteiger partial charge is 0.165 e. The Morgan fingerprint density at radius 3 is 2.80 bits per heavy atom. The number of fused-ring (bicyclic) bond motifs is 1. The van der Waals surface area contributed by atoms with Crippen LogP contribution in [0.5, 0.6) is 0 Å². The zero-order chi connectivity index (χ0) is 14.5. The van der Waals surface area contributed by atoms with Crippen LogP contribution in [0.15, 0.2) is 17.6 Å². The third kappa shape index (κ3) is 2.12. The van der Waals surface area contributed by atoms with Crippen molar-refractivity contribution in [3.8, 4) is 0 Å². The van der Waals surface area contributed by atoms with Crippen molar-refractivity contribution in [2.45, 2.75) is 46.6 Å². The zero-order valence-electron chi connectivity index (χ0n) is 12.4. The largest absolute Gasteiger partial charge is 0.339 e. The van der Waals surface area contributed by atoms with E-state index in [4.69, 9.17) is 0 Å². The van der Waals surface area contributed by atoms with Gasteiger partial charge in [0.05, 0.1) is 6.04 Å². The summed E-state index contributed by atoms with van der Waals surface area (Å²) in [6, 6.07) is 2.25. The minimum Gasteiger partial charge on any atom is -0.339 e. The summed E-state index contributed by atoms with van der Waals surface area (Å²) < 4.78 is 2.30. The molecule has 0 aliphatic heterocycles. The van der Waals surface area contributed by atoms with Crippen molar-refractivity contribution >= 4 is 17.1 Å². The van der Waals surface area contributed by atoms with Crippen LogP contribution in [-0.4, -0.2) is 15.3 Å². The van der Waals surface area contributed by atoms with E-state index in [0.717, 1.165) is 22.7 Å². The molecule has 106 valence electrons. The fraction of sp³-hybridized carbons (Fsp3) is 0.500. The lowest BCUT2D eigenvalue weighted by Crippen LogP contribution is -2.28. The van der Waals surface area contributed by atoms with E-state index in [-0.39, 0.29) is 17.2 Å². The number of aromatic nitrogens is 2. The highest BCUT2D eigenvalue weighted by molar-refractivity contribution is 7.09. The van der Waals surface area contributed by atoms with E-state index in [1.54, 1.807) is 11.3 Å². The SMILES string of the molecule is Cc1cc2c(n1C(C)c1nccs1)CC(C)(C)CC2=O. The second kappa shape index (κ2) is 4.55. The summed E-state index contributed by atoms with van der Waals surface area (Å²) in [4.78, 5) is 16.8. The van der Waals surface area contributed by atoms with Crippen LogP contribution in [0.25, 0.3) is 0 Å². The number of Topliss-reactive ketones (excluding diaryl/α,β-unsaturated/α-hetero) is 1. The van der Waals surface area contributed by atoms with Gasteiger partial charge < -0.3 is 4.57 Å². The molecule has 0 bridgehead atoms. The average Bonchev–Trinajstić information content (AvgIpc) is 2.94. The molecule has 1 unspecified atom stereocenters. The molecule has 0 N–H and O–H groups in total. The van der Waals surface area contributed by atoms with Crippen molar-refractivity contribution in [3.63, 3.8) is 0 Å². The van der Waals surface area contributed by atoms with E-state index in [2.05, 4.69) is 43.3 Å². The molecule has 2 heterocycles. The quantitative estimate of drug-likeness (QED) is 0.836. The number of thiazole rings is 1. The number of ketones is 1. The Balaban J connectivity index is 2.12. The van der Waals surface area contributed by atoms with Crippen LogP contribution >= 0.6 is 11.3 Å². The van der Waals surface area contributed by atoms with Gasteiger partial charge >= 0.3 is 0 Å². The van der Waals surface area contributed by atoms with Gasteiger partial charge in [0.25, 0.3) is 0 Å². The Hall–Kier alpha value is -1.42. The van der Waals surface area contributed by atoms with Crippen LogP contribution < -0.4 is 0 Å². The van der Waals surface area contributed by atoms with Crippen molar-refractivity contribution in [2.24, 2.45) is 5.41 Å². The number of nitrogens with zero attached hydrogens (tertiary/aromatic N) is 2. The fourth-order valence-corrected chi connectivity index (χ4v) is 3.95. The van der Waals surface area contributed by atoms with Gasteiger partial charge in [-0.2, -0.15) is 0 Å². The van der Waals surface area contributed by atoms with Gasteiger partial charge in [-0.1, -0.05) is 13.8 Å². The first-order chi connectivity index (χ1) is 9.39. The fourth-order valence-electron chi connectivity index (χ4n) is 3.26. The van der Waals surface area contributed by atoms with E-state index in [0.29, 0.717) is 6.42 Å². The maximum atomic E-state index is 12.3. The predicted octanol–water partition coefficient (Wildman–Crippen LogP) is 4.02. The van der Waals surface area contributed by atoms with Crippen molar-refractivity contribution in [1.29, 1.82) is 0 Å². The Morgan fingerprint density at radius 1 is 1.40 bits per heavy atom. The second-order valence-corrected chi connectivity index (χ2v) is 7.43. The van der Waals surface area contributed by atoms with E-state index < -0.39 is 0 Å². The average molecular weight is 288 g/mol. The Kier molecular flexibility index (Phi) is 3.09. The molecule has 3 rings (SSSR count). The van der Waals surface area contributed by atoms with Crippen molar-refractivity contribution in [3.05, 3.63) is 39.6 Å². The number of hydrogen-bond donors (Lipinski definition) is 0. The summed E-state index contributed by atoms with van der Waals surface area (Å²) in [5.74, 6) is 0.282. The van der Waals surface area contributed by atoms with Gasteiger partial charge in [-0.25, -0.2) is 4.98 Å². The molecule has 1 aliphatic rings. The molecule has 0 aromatic carbocycles. The first kappa shape index (κ1) is 13.6. The van der Waals surface area contributed by atoms with Crippen LogP contribution in [0.4, 0.5) is 0 Å².